The average molecular weight is 411 g/mol. The Labute approximate surface area is 166 Å². The van der Waals surface area contributed by atoms with Gasteiger partial charge in [0.1, 0.15) is 17.6 Å². The number of hydrogen-bond donors (Lipinski definition) is 2. The number of halogens is 3. The van der Waals surface area contributed by atoms with Crippen LogP contribution in [0, 0.1) is 11.3 Å². The first-order chi connectivity index (χ1) is 13.7. The first-order valence-corrected chi connectivity index (χ1v) is 9.54. The van der Waals surface area contributed by atoms with Crippen LogP contribution in [0.5, 0.6) is 0 Å². The van der Waals surface area contributed by atoms with E-state index >= 15 is 0 Å². The SMILES string of the molecule is CCCCOC1N=C2C(NC(=O)CN2Cc2ccc(C(F)(F)F)nc2)C(=N)C1C. The summed E-state index contributed by atoms with van der Waals surface area (Å²) in [6.45, 7) is 4.57. The third-order valence-electron chi connectivity index (χ3n) is 4.99. The summed E-state index contributed by atoms with van der Waals surface area (Å²) in [4.78, 5) is 21.9. The van der Waals surface area contributed by atoms with Crippen molar-refractivity contribution in [2.24, 2.45) is 10.9 Å². The number of nitrogens with one attached hydrogen (secondary N) is 2. The molecule has 0 bridgehead atoms. The number of piperazine rings is 1. The summed E-state index contributed by atoms with van der Waals surface area (Å²) >= 11 is 0. The monoisotopic (exact) mass is 411 g/mol. The number of ether oxygens (including phenoxy) is 1. The highest BCUT2D eigenvalue weighted by Gasteiger charge is 2.42. The van der Waals surface area contributed by atoms with E-state index in [1.807, 2.05) is 13.8 Å². The summed E-state index contributed by atoms with van der Waals surface area (Å²) in [6, 6.07) is 1.60. The number of aromatic nitrogens is 1. The minimum absolute atomic E-state index is 0.000301. The summed E-state index contributed by atoms with van der Waals surface area (Å²) in [5, 5.41) is 11.2. The van der Waals surface area contributed by atoms with Gasteiger partial charge in [-0.2, -0.15) is 13.2 Å². The highest BCUT2D eigenvalue weighted by Crippen LogP contribution is 2.28. The molecule has 0 aliphatic carbocycles. The summed E-state index contributed by atoms with van der Waals surface area (Å²) < 4.78 is 44.0. The van der Waals surface area contributed by atoms with Crippen LogP contribution in [-0.4, -0.2) is 52.8 Å². The van der Waals surface area contributed by atoms with Crippen LogP contribution in [0.4, 0.5) is 13.2 Å². The maximum Gasteiger partial charge on any atom is 0.433 e. The minimum atomic E-state index is -4.50. The smallest absolute Gasteiger partial charge is 0.356 e. The van der Waals surface area contributed by atoms with E-state index in [0.717, 1.165) is 25.1 Å². The van der Waals surface area contributed by atoms with Crippen LogP contribution in [0.2, 0.25) is 0 Å². The molecule has 158 valence electrons. The second kappa shape index (κ2) is 8.48. The van der Waals surface area contributed by atoms with Crippen molar-refractivity contribution in [3.8, 4) is 0 Å². The van der Waals surface area contributed by atoms with E-state index in [0.29, 0.717) is 23.7 Å². The van der Waals surface area contributed by atoms with E-state index < -0.39 is 24.1 Å². The molecule has 10 heteroatoms. The lowest BCUT2D eigenvalue weighted by atomic mass is 9.91. The molecule has 1 aromatic heterocycles. The predicted octanol–water partition coefficient (Wildman–Crippen LogP) is 2.61. The number of rotatable bonds is 6. The Kier molecular flexibility index (Phi) is 6.21. The van der Waals surface area contributed by atoms with Crippen molar-refractivity contribution in [2.45, 2.75) is 51.7 Å². The lowest BCUT2D eigenvalue weighted by Gasteiger charge is -2.42. The maximum atomic E-state index is 12.7. The zero-order chi connectivity index (χ0) is 21.2. The lowest BCUT2D eigenvalue weighted by Crippen LogP contribution is -2.64. The average Bonchev–Trinajstić information content (AvgIpc) is 2.66. The molecule has 0 aromatic carbocycles. The van der Waals surface area contributed by atoms with E-state index in [-0.39, 0.29) is 24.9 Å². The van der Waals surface area contributed by atoms with Gasteiger partial charge in [-0.3, -0.25) is 9.78 Å². The van der Waals surface area contributed by atoms with Gasteiger partial charge in [-0.15, -0.1) is 0 Å². The minimum Gasteiger partial charge on any atom is -0.356 e. The van der Waals surface area contributed by atoms with Crippen molar-refractivity contribution in [3.05, 3.63) is 29.6 Å². The van der Waals surface area contributed by atoms with Crippen molar-refractivity contribution < 1.29 is 22.7 Å². The number of aliphatic imine (C=N–C) groups is 1. The van der Waals surface area contributed by atoms with Gasteiger partial charge >= 0.3 is 6.18 Å². The number of amides is 1. The van der Waals surface area contributed by atoms with Gasteiger partial charge in [0.05, 0.1) is 6.54 Å². The summed E-state index contributed by atoms with van der Waals surface area (Å²) in [5.74, 6) is -0.0567. The number of unbranched alkanes of at least 4 members (excludes halogenated alkanes) is 1. The molecule has 2 N–H and O–H groups in total. The molecule has 0 spiro atoms. The van der Waals surface area contributed by atoms with Crippen LogP contribution < -0.4 is 5.32 Å². The predicted molar refractivity (Wildman–Crippen MR) is 101 cm³/mol. The molecule has 3 atom stereocenters. The molecular weight excluding hydrogens is 387 g/mol. The number of nitrogens with zero attached hydrogens (tertiary/aromatic N) is 3. The van der Waals surface area contributed by atoms with E-state index in [9.17, 15) is 18.0 Å². The third kappa shape index (κ3) is 4.75. The number of fused-ring (bicyclic) bond motifs is 1. The van der Waals surface area contributed by atoms with Crippen molar-refractivity contribution in [2.75, 3.05) is 13.2 Å². The number of carbonyl (C=O) groups is 1. The van der Waals surface area contributed by atoms with Gasteiger partial charge in [0, 0.05) is 31.0 Å². The topological polar surface area (TPSA) is 90.7 Å². The van der Waals surface area contributed by atoms with Crippen LogP contribution >= 0.6 is 0 Å². The van der Waals surface area contributed by atoms with Crippen molar-refractivity contribution in [1.29, 1.82) is 5.41 Å². The Hall–Kier alpha value is -2.49. The second-order valence-electron chi connectivity index (χ2n) is 7.25. The van der Waals surface area contributed by atoms with E-state index in [1.54, 1.807) is 4.90 Å². The Morgan fingerprint density at radius 2 is 2.14 bits per heavy atom. The summed E-state index contributed by atoms with van der Waals surface area (Å²) in [7, 11) is 0. The van der Waals surface area contributed by atoms with Gasteiger partial charge < -0.3 is 20.4 Å². The van der Waals surface area contributed by atoms with Gasteiger partial charge in [0.15, 0.2) is 6.23 Å². The number of carbonyl (C=O) groups excluding carboxylic acids is 1. The van der Waals surface area contributed by atoms with E-state index in [1.165, 1.54) is 6.07 Å². The highest BCUT2D eigenvalue weighted by molar-refractivity contribution is 6.15. The van der Waals surface area contributed by atoms with Crippen molar-refractivity contribution in [3.63, 3.8) is 0 Å². The fourth-order valence-electron chi connectivity index (χ4n) is 3.31. The van der Waals surface area contributed by atoms with Crippen LogP contribution in [0.25, 0.3) is 0 Å². The molecule has 3 heterocycles. The fourth-order valence-corrected chi connectivity index (χ4v) is 3.31. The summed E-state index contributed by atoms with van der Waals surface area (Å²) in [6.07, 6.45) is -2.03. The van der Waals surface area contributed by atoms with E-state index in [2.05, 4.69) is 15.3 Å². The van der Waals surface area contributed by atoms with E-state index in [4.69, 9.17) is 10.1 Å². The molecule has 7 nitrogen and oxygen atoms in total. The standard InChI is InChI=1S/C19H24F3N5O2/c1-3-4-7-29-18-11(2)15(23)16-17(26-18)27(10-14(28)25-16)9-12-5-6-13(24-8-12)19(20,21)22/h5-6,8,11,16,18,23H,3-4,7,9-10H2,1-2H3,(H,25,28). The maximum absolute atomic E-state index is 12.7. The quantitative estimate of drug-likeness (QED) is 0.704. The number of hydrogen-bond acceptors (Lipinski definition) is 6. The number of amidine groups is 1. The first-order valence-electron chi connectivity index (χ1n) is 9.54. The van der Waals surface area contributed by atoms with Crippen LogP contribution in [-0.2, 0) is 22.3 Å². The number of alkyl halides is 3. The Morgan fingerprint density at radius 3 is 2.76 bits per heavy atom. The lowest BCUT2D eigenvalue weighted by molar-refractivity contribution is -0.141. The molecular formula is C19H24F3N5O2. The second-order valence-corrected chi connectivity index (χ2v) is 7.25. The van der Waals surface area contributed by atoms with Gasteiger partial charge in [0.2, 0.25) is 5.91 Å². The first kappa shape index (κ1) is 21.2. The van der Waals surface area contributed by atoms with Crippen LogP contribution in [0.3, 0.4) is 0 Å². The summed E-state index contributed by atoms with van der Waals surface area (Å²) in [5.41, 5.74) is -0.145. The molecule has 2 aliphatic rings. The van der Waals surface area contributed by atoms with Crippen molar-refractivity contribution >= 4 is 17.5 Å². The molecule has 1 aromatic rings. The van der Waals surface area contributed by atoms with Gasteiger partial charge in [-0.05, 0) is 18.1 Å². The zero-order valence-electron chi connectivity index (χ0n) is 16.3. The highest BCUT2D eigenvalue weighted by atomic mass is 19.4. The van der Waals surface area contributed by atoms with Crippen LogP contribution in [0.1, 0.15) is 37.9 Å². The molecule has 3 rings (SSSR count). The van der Waals surface area contributed by atoms with Crippen LogP contribution in [0.15, 0.2) is 23.3 Å². The van der Waals surface area contributed by atoms with Gasteiger partial charge in [0.25, 0.3) is 0 Å². The Bertz CT molecular complexity index is 794. The molecule has 0 saturated carbocycles. The molecule has 0 radical (unpaired) electrons. The molecule has 3 unspecified atom stereocenters. The third-order valence-corrected chi connectivity index (χ3v) is 4.99. The fraction of sp³-hybridized carbons (Fsp3) is 0.579. The number of pyridine rings is 1. The van der Waals surface area contributed by atoms with Gasteiger partial charge in [-0.1, -0.05) is 26.3 Å². The largest absolute Gasteiger partial charge is 0.433 e. The normalized spacial score (nSPS) is 24.8. The molecule has 2 aliphatic heterocycles. The molecule has 1 fully saturated rings. The molecule has 1 amide bonds. The van der Waals surface area contributed by atoms with Crippen molar-refractivity contribution in [1.82, 2.24) is 15.2 Å². The Morgan fingerprint density at radius 1 is 1.38 bits per heavy atom. The Balaban J connectivity index is 1.82. The molecule has 29 heavy (non-hydrogen) atoms. The van der Waals surface area contributed by atoms with Gasteiger partial charge in [-0.25, -0.2) is 4.99 Å². The molecule has 1 saturated heterocycles. The zero-order valence-corrected chi connectivity index (χ0v) is 16.3.